The van der Waals surface area contributed by atoms with E-state index in [1.165, 1.54) is 0 Å². The standard InChI is InChI=1S/C15H15Cl2NO/c1-9-7-15(19)10(2)6-14(9)18-8-11-12(16)4-3-5-13(11)17/h3-7,18-19H,8H2,1-2H3. The summed E-state index contributed by atoms with van der Waals surface area (Å²) in [6.45, 7) is 4.35. The van der Waals surface area contributed by atoms with E-state index in [2.05, 4.69) is 5.32 Å². The Morgan fingerprint density at radius 3 is 2.32 bits per heavy atom. The van der Waals surface area contributed by atoms with Crippen LogP contribution in [-0.4, -0.2) is 5.11 Å². The quantitative estimate of drug-likeness (QED) is 0.787. The molecule has 0 amide bonds. The molecule has 0 radical (unpaired) electrons. The number of aromatic hydroxyl groups is 1. The van der Waals surface area contributed by atoms with Crippen molar-refractivity contribution in [2.75, 3.05) is 5.32 Å². The average Bonchev–Trinajstić information content (AvgIpc) is 2.34. The second-order valence-electron chi connectivity index (χ2n) is 4.51. The first kappa shape index (κ1) is 14.0. The maximum absolute atomic E-state index is 9.63. The lowest BCUT2D eigenvalue weighted by Crippen LogP contribution is -2.02. The minimum absolute atomic E-state index is 0.304. The highest BCUT2D eigenvalue weighted by Gasteiger charge is 2.07. The molecule has 2 rings (SSSR count). The lowest BCUT2D eigenvalue weighted by molar-refractivity contribution is 0.471. The molecule has 100 valence electrons. The van der Waals surface area contributed by atoms with E-state index in [4.69, 9.17) is 23.2 Å². The Balaban J connectivity index is 2.22. The zero-order chi connectivity index (χ0) is 14.0. The third kappa shape index (κ3) is 3.14. The molecular weight excluding hydrogens is 281 g/mol. The largest absolute Gasteiger partial charge is 0.508 e. The van der Waals surface area contributed by atoms with E-state index in [-0.39, 0.29) is 0 Å². The monoisotopic (exact) mass is 295 g/mol. The number of hydrogen-bond donors (Lipinski definition) is 2. The van der Waals surface area contributed by atoms with Gasteiger partial charge in [-0.3, -0.25) is 0 Å². The van der Waals surface area contributed by atoms with Crippen molar-refractivity contribution in [1.29, 1.82) is 0 Å². The number of benzene rings is 2. The van der Waals surface area contributed by atoms with Gasteiger partial charge in [0.1, 0.15) is 5.75 Å². The molecule has 0 aliphatic heterocycles. The lowest BCUT2D eigenvalue weighted by Gasteiger charge is -2.13. The van der Waals surface area contributed by atoms with E-state index in [0.29, 0.717) is 22.3 Å². The molecule has 4 heteroatoms. The Kier molecular flexibility index (Phi) is 4.23. The number of anilines is 1. The van der Waals surface area contributed by atoms with E-state index in [1.54, 1.807) is 6.07 Å². The van der Waals surface area contributed by atoms with Crippen LogP contribution in [0.15, 0.2) is 30.3 Å². The fourth-order valence-electron chi connectivity index (χ4n) is 1.88. The molecule has 0 saturated carbocycles. The van der Waals surface area contributed by atoms with Crippen LogP contribution in [0.3, 0.4) is 0 Å². The summed E-state index contributed by atoms with van der Waals surface area (Å²) in [5, 5.41) is 14.2. The molecule has 0 aliphatic carbocycles. The topological polar surface area (TPSA) is 32.3 Å². The van der Waals surface area contributed by atoms with E-state index >= 15 is 0 Å². The molecule has 0 fully saturated rings. The molecule has 2 aromatic rings. The predicted molar refractivity (Wildman–Crippen MR) is 81.4 cm³/mol. The Bertz CT molecular complexity index is 591. The second kappa shape index (κ2) is 5.72. The minimum atomic E-state index is 0.304. The van der Waals surface area contributed by atoms with Crippen LogP contribution in [0.2, 0.25) is 10.0 Å². The van der Waals surface area contributed by atoms with Gasteiger partial charge in [0.05, 0.1) is 0 Å². The summed E-state index contributed by atoms with van der Waals surface area (Å²) in [7, 11) is 0. The van der Waals surface area contributed by atoms with Gasteiger partial charge in [0.15, 0.2) is 0 Å². The maximum atomic E-state index is 9.63. The van der Waals surface area contributed by atoms with Gasteiger partial charge >= 0.3 is 0 Å². The first-order valence-electron chi connectivity index (χ1n) is 5.96. The van der Waals surface area contributed by atoms with Crippen LogP contribution < -0.4 is 5.32 Å². The van der Waals surface area contributed by atoms with Gasteiger partial charge in [-0.05, 0) is 49.2 Å². The van der Waals surface area contributed by atoms with Gasteiger partial charge in [-0.1, -0.05) is 29.3 Å². The number of nitrogens with one attached hydrogen (secondary N) is 1. The predicted octanol–water partition coefficient (Wildman–Crippen LogP) is 4.93. The Morgan fingerprint density at radius 1 is 1.05 bits per heavy atom. The molecule has 2 N–H and O–H groups in total. The molecule has 19 heavy (non-hydrogen) atoms. The molecule has 0 heterocycles. The van der Waals surface area contributed by atoms with E-state index in [9.17, 15) is 5.11 Å². The lowest BCUT2D eigenvalue weighted by atomic mass is 10.1. The summed E-state index contributed by atoms with van der Waals surface area (Å²) in [4.78, 5) is 0. The van der Waals surface area contributed by atoms with Crippen LogP contribution in [0.1, 0.15) is 16.7 Å². The molecule has 0 bridgehead atoms. The Labute approximate surface area is 123 Å². The summed E-state index contributed by atoms with van der Waals surface area (Å²) < 4.78 is 0. The van der Waals surface area contributed by atoms with Crippen LogP contribution in [0.4, 0.5) is 5.69 Å². The smallest absolute Gasteiger partial charge is 0.118 e. The van der Waals surface area contributed by atoms with Gasteiger partial charge in [0.2, 0.25) is 0 Å². The normalized spacial score (nSPS) is 10.5. The highest BCUT2D eigenvalue weighted by molar-refractivity contribution is 6.36. The maximum Gasteiger partial charge on any atom is 0.118 e. The third-order valence-corrected chi connectivity index (χ3v) is 3.77. The summed E-state index contributed by atoms with van der Waals surface area (Å²) >= 11 is 12.3. The average molecular weight is 296 g/mol. The Hall–Kier alpha value is -1.38. The molecule has 0 aliphatic rings. The van der Waals surface area contributed by atoms with Gasteiger partial charge in [-0.2, -0.15) is 0 Å². The number of phenolic OH excluding ortho intramolecular Hbond substituents is 1. The zero-order valence-electron chi connectivity index (χ0n) is 10.8. The highest BCUT2D eigenvalue weighted by atomic mass is 35.5. The van der Waals surface area contributed by atoms with Gasteiger partial charge in [0, 0.05) is 27.8 Å². The van der Waals surface area contributed by atoms with Crippen molar-refractivity contribution in [2.24, 2.45) is 0 Å². The SMILES string of the molecule is Cc1cc(NCc2c(Cl)cccc2Cl)c(C)cc1O. The minimum Gasteiger partial charge on any atom is -0.508 e. The summed E-state index contributed by atoms with van der Waals surface area (Å²) in [5.74, 6) is 0.304. The first-order valence-corrected chi connectivity index (χ1v) is 6.71. The highest BCUT2D eigenvalue weighted by Crippen LogP contribution is 2.28. The Morgan fingerprint density at radius 2 is 1.68 bits per heavy atom. The van der Waals surface area contributed by atoms with Crippen molar-refractivity contribution >= 4 is 28.9 Å². The van der Waals surface area contributed by atoms with Crippen LogP contribution >= 0.6 is 23.2 Å². The summed E-state index contributed by atoms with van der Waals surface area (Å²) in [6.07, 6.45) is 0. The van der Waals surface area contributed by atoms with Gasteiger partial charge in [0.25, 0.3) is 0 Å². The van der Waals surface area contributed by atoms with Crippen molar-refractivity contribution in [3.63, 3.8) is 0 Å². The fourth-order valence-corrected chi connectivity index (χ4v) is 2.41. The number of aryl methyl sites for hydroxylation is 2. The van der Waals surface area contributed by atoms with Crippen molar-refractivity contribution < 1.29 is 5.11 Å². The summed E-state index contributed by atoms with van der Waals surface area (Å²) in [6, 6.07) is 9.12. The molecular formula is C15H15Cl2NO. The van der Waals surface area contributed by atoms with Crippen LogP contribution in [0.5, 0.6) is 5.75 Å². The van der Waals surface area contributed by atoms with E-state index in [0.717, 1.165) is 22.4 Å². The second-order valence-corrected chi connectivity index (χ2v) is 5.32. The van der Waals surface area contributed by atoms with Gasteiger partial charge in [-0.15, -0.1) is 0 Å². The van der Waals surface area contributed by atoms with Crippen LogP contribution in [0.25, 0.3) is 0 Å². The fraction of sp³-hybridized carbons (Fsp3) is 0.200. The number of halogens is 2. The van der Waals surface area contributed by atoms with Crippen LogP contribution in [0, 0.1) is 13.8 Å². The van der Waals surface area contributed by atoms with E-state index < -0.39 is 0 Å². The van der Waals surface area contributed by atoms with Crippen LogP contribution in [-0.2, 0) is 6.54 Å². The van der Waals surface area contributed by atoms with Crippen molar-refractivity contribution in [1.82, 2.24) is 0 Å². The molecule has 0 aromatic heterocycles. The molecule has 2 aromatic carbocycles. The molecule has 0 saturated heterocycles. The third-order valence-electron chi connectivity index (χ3n) is 3.06. The number of phenols is 1. The number of hydrogen-bond acceptors (Lipinski definition) is 2. The number of rotatable bonds is 3. The molecule has 2 nitrogen and oxygen atoms in total. The molecule has 0 spiro atoms. The van der Waals surface area contributed by atoms with E-state index in [1.807, 2.05) is 38.1 Å². The molecule has 0 atom stereocenters. The zero-order valence-corrected chi connectivity index (χ0v) is 12.3. The van der Waals surface area contributed by atoms with Crippen molar-refractivity contribution in [3.8, 4) is 5.75 Å². The van der Waals surface area contributed by atoms with Gasteiger partial charge < -0.3 is 10.4 Å². The van der Waals surface area contributed by atoms with Crippen molar-refractivity contribution in [2.45, 2.75) is 20.4 Å². The first-order chi connectivity index (χ1) is 8.99. The summed E-state index contributed by atoms with van der Waals surface area (Å²) in [5.41, 5.74) is 3.65. The van der Waals surface area contributed by atoms with Gasteiger partial charge in [-0.25, -0.2) is 0 Å². The van der Waals surface area contributed by atoms with Crippen molar-refractivity contribution in [3.05, 3.63) is 57.1 Å². The molecule has 0 unspecified atom stereocenters.